The van der Waals surface area contributed by atoms with Gasteiger partial charge in [0.15, 0.2) is 0 Å². The van der Waals surface area contributed by atoms with Crippen LogP contribution in [0.1, 0.15) is 37.3 Å². The van der Waals surface area contributed by atoms with E-state index in [1.807, 2.05) is 0 Å². The second-order valence-corrected chi connectivity index (χ2v) is 4.65. The minimum Gasteiger partial charge on any atom is -0.0883 e. The smallest absolute Gasteiger partial charge is 0.0259 e. The Balaban J connectivity index is 2.12. The summed E-state index contributed by atoms with van der Waals surface area (Å²) in [6, 6.07) is 9.19. The summed E-state index contributed by atoms with van der Waals surface area (Å²) in [6.07, 6.45) is 11.0. The quantitative estimate of drug-likeness (QED) is 0.552. The van der Waals surface area contributed by atoms with E-state index in [1.54, 1.807) is 0 Å². The van der Waals surface area contributed by atoms with Gasteiger partial charge in [-0.25, -0.2) is 0 Å². The molecule has 0 radical (unpaired) electrons. The number of benzene rings is 1. The molecule has 0 heteroatoms. The van der Waals surface area contributed by atoms with Crippen molar-refractivity contribution < 1.29 is 0 Å². The van der Waals surface area contributed by atoms with Gasteiger partial charge in [-0.2, -0.15) is 0 Å². The SMILES string of the molecule is CC1/C=C/CCCc2ccc(cc2)CC1. The molecule has 0 heterocycles. The summed E-state index contributed by atoms with van der Waals surface area (Å²) < 4.78 is 0. The first-order chi connectivity index (χ1) is 7.34. The highest BCUT2D eigenvalue weighted by atomic mass is 14.1. The van der Waals surface area contributed by atoms with Gasteiger partial charge in [0.1, 0.15) is 0 Å². The normalized spacial score (nSPS) is 24.2. The minimum atomic E-state index is 0.726. The van der Waals surface area contributed by atoms with Crippen LogP contribution >= 0.6 is 0 Å². The first-order valence-electron chi connectivity index (χ1n) is 6.09. The Kier molecular flexibility index (Phi) is 3.60. The van der Waals surface area contributed by atoms with Gasteiger partial charge in [-0.05, 0) is 49.1 Å². The summed E-state index contributed by atoms with van der Waals surface area (Å²) in [4.78, 5) is 0. The zero-order valence-electron chi connectivity index (χ0n) is 9.58. The van der Waals surface area contributed by atoms with Crippen molar-refractivity contribution in [2.45, 2.75) is 39.0 Å². The molecular formula is C15H20. The maximum absolute atomic E-state index is 2.38. The Morgan fingerprint density at radius 3 is 2.40 bits per heavy atom. The molecule has 2 aliphatic carbocycles. The van der Waals surface area contributed by atoms with Gasteiger partial charge in [0, 0.05) is 0 Å². The van der Waals surface area contributed by atoms with Gasteiger partial charge >= 0.3 is 0 Å². The molecule has 2 aliphatic rings. The summed E-state index contributed by atoms with van der Waals surface area (Å²) in [5.74, 6) is 0.726. The van der Waals surface area contributed by atoms with Gasteiger partial charge < -0.3 is 0 Å². The highest BCUT2D eigenvalue weighted by Crippen LogP contribution is 2.15. The standard InChI is InChI=1S/C15H20/c1-13-5-3-2-4-6-14-9-11-15(8-7-13)12-10-14/h3,5,9-13H,2,4,6-8H2,1H3/b5-3+. The number of rotatable bonds is 0. The monoisotopic (exact) mass is 200 g/mol. The Morgan fingerprint density at radius 2 is 1.67 bits per heavy atom. The lowest BCUT2D eigenvalue weighted by atomic mass is 9.97. The third-order valence-electron chi connectivity index (χ3n) is 3.21. The number of fused-ring (bicyclic) bond motifs is 8. The van der Waals surface area contributed by atoms with Crippen LogP contribution in [0.4, 0.5) is 0 Å². The summed E-state index contributed by atoms with van der Waals surface area (Å²) in [6.45, 7) is 2.32. The fourth-order valence-electron chi connectivity index (χ4n) is 2.12. The highest BCUT2D eigenvalue weighted by molar-refractivity contribution is 5.23. The van der Waals surface area contributed by atoms with Crippen LogP contribution in [-0.2, 0) is 12.8 Å². The fraction of sp³-hybridized carbons (Fsp3) is 0.467. The summed E-state index contributed by atoms with van der Waals surface area (Å²) in [5.41, 5.74) is 2.97. The van der Waals surface area contributed by atoms with Gasteiger partial charge in [-0.15, -0.1) is 0 Å². The molecular weight excluding hydrogens is 180 g/mol. The van der Waals surface area contributed by atoms with Crippen LogP contribution in [0.25, 0.3) is 0 Å². The van der Waals surface area contributed by atoms with Crippen molar-refractivity contribution in [3.63, 3.8) is 0 Å². The molecule has 1 aromatic rings. The maximum atomic E-state index is 2.38. The van der Waals surface area contributed by atoms with Gasteiger partial charge in [0.25, 0.3) is 0 Å². The third kappa shape index (κ3) is 3.23. The minimum absolute atomic E-state index is 0.726. The molecule has 0 aromatic heterocycles. The lowest BCUT2D eigenvalue weighted by molar-refractivity contribution is 0.643. The lowest BCUT2D eigenvalue weighted by Crippen LogP contribution is -1.96. The number of hydrogen-bond donors (Lipinski definition) is 0. The molecule has 80 valence electrons. The van der Waals surface area contributed by atoms with E-state index < -0.39 is 0 Å². The molecule has 0 spiro atoms. The van der Waals surface area contributed by atoms with Crippen LogP contribution in [0.15, 0.2) is 36.4 Å². The van der Waals surface area contributed by atoms with E-state index >= 15 is 0 Å². The van der Waals surface area contributed by atoms with E-state index in [0.717, 1.165) is 5.92 Å². The average Bonchev–Trinajstić information content (AvgIpc) is 2.25. The van der Waals surface area contributed by atoms with Crippen LogP contribution in [0.3, 0.4) is 0 Å². The first-order valence-corrected chi connectivity index (χ1v) is 6.09. The zero-order valence-corrected chi connectivity index (χ0v) is 9.58. The van der Waals surface area contributed by atoms with E-state index in [0.29, 0.717) is 0 Å². The van der Waals surface area contributed by atoms with Crippen molar-refractivity contribution in [3.05, 3.63) is 47.5 Å². The summed E-state index contributed by atoms with van der Waals surface area (Å²) in [5, 5.41) is 0. The molecule has 0 amide bonds. The van der Waals surface area contributed by atoms with Gasteiger partial charge in [-0.1, -0.05) is 43.3 Å². The first kappa shape index (κ1) is 10.5. The summed E-state index contributed by atoms with van der Waals surface area (Å²) in [7, 11) is 0. The molecule has 1 unspecified atom stereocenters. The molecule has 0 aliphatic heterocycles. The zero-order chi connectivity index (χ0) is 10.5. The Bertz CT molecular complexity index is 318. The van der Waals surface area contributed by atoms with E-state index in [4.69, 9.17) is 0 Å². The molecule has 0 nitrogen and oxygen atoms in total. The molecule has 1 atom stereocenters. The van der Waals surface area contributed by atoms with Crippen LogP contribution in [0, 0.1) is 5.92 Å². The molecule has 2 bridgehead atoms. The van der Waals surface area contributed by atoms with Gasteiger partial charge in [-0.3, -0.25) is 0 Å². The molecule has 0 fully saturated rings. The predicted octanol–water partition coefficient (Wildman–Crippen LogP) is 4.15. The molecule has 0 saturated carbocycles. The van der Waals surface area contributed by atoms with Crippen LogP contribution in [0.2, 0.25) is 0 Å². The maximum Gasteiger partial charge on any atom is -0.0259 e. The Morgan fingerprint density at radius 1 is 1.00 bits per heavy atom. The molecule has 3 rings (SSSR count). The Labute approximate surface area is 93.0 Å². The van der Waals surface area contributed by atoms with Crippen LogP contribution < -0.4 is 0 Å². The number of aryl methyl sites for hydroxylation is 2. The predicted molar refractivity (Wildman–Crippen MR) is 66.0 cm³/mol. The second kappa shape index (κ2) is 5.16. The van der Waals surface area contributed by atoms with Crippen molar-refractivity contribution in [3.8, 4) is 0 Å². The van der Waals surface area contributed by atoms with E-state index in [-0.39, 0.29) is 0 Å². The molecule has 0 saturated heterocycles. The lowest BCUT2D eigenvalue weighted by Gasteiger charge is -2.09. The largest absolute Gasteiger partial charge is 0.0883 e. The van der Waals surface area contributed by atoms with Crippen molar-refractivity contribution in [1.82, 2.24) is 0 Å². The molecule has 1 aromatic carbocycles. The van der Waals surface area contributed by atoms with Crippen molar-refractivity contribution >= 4 is 0 Å². The van der Waals surface area contributed by atoms with Gasteiger partial charge in [0.2, 0.25) is 0 Å². The Hall–Kier alpha value is -1.04. The van der Waals surface area contributed by atoms with E-state index in [1.165, 1.54) is 43.2 Å². The van der Waals surface area contributed by atoms with E-state index in [2.05, 4.69) is 43.3 Å². The third-order valence-corrected chi connectivity index (χ3v) is 3.21. The van der Waals surface area contributed by atoms with Crippen molar-refractivity contribution in [2.24, 2.45) is 5.92 Å². The number of hydrogen-bond acceptors (Lipinski definition) is 0. The summed E-state index contributed by atoms with van der Waals surface area (Å²) >= 11 is 0. The van der Waals surface area contributed by atoms with Crippen molar-refractivity contribution in [2.75, 3.05) is 0 Å². The molecule has 0 N–H and O–H groups in total. The fourth-order valence-corrected chi connectivity index (χ4v) is 2.12. The van der Waals surface area contributed by atoms with Crippen LogP contribution in [-0.4, -0.2) is 0 Å². The van der Waals surface area contributed by atoms with Gasteiger partial charge in [0.05, 0.1) is 0 Å². The van der Waals surface area contributed by atoms with Crippen LogP contribution in [0.5, 0.6) is 0 Å². The second-order valence-electron chi connectivity index (χ2n) is 4.65. The topological polar surface area (TPSA) is 0 Å². The molecule has 15 heavy (non-hydrogen) atoms. The highest BCUT2D eigenvalue weighted by Gasteiger charge is 2.01. The van der Waals surface area contributed by atoms with E-state index in [9.17, 15) is 0 Å². The average molecular weight is 200 g/mol. The number of allylic oxidation sites excluding steroid dienone is 2. The van der Waals surface area contributed by atoms with Crippen molar-refractivity contribution in [1.29, 1.82) is 0 Å².